The van der Waals surface area contributed by atoms with Crippen LogP contribution in [0.25, 0.3) is 10.4 Å². The average Bonchev–Trinajstić information content (AvgIpc) is 2.76. The van der Waals surface area contributed by atoms with Crippen LogP contribution in [0.4, 0.5) is 5.69 Å². The Labute approximate surface area is 109 Å². The Morgan fingerprint density at radius 2 is 2.06 bits per heavy atom. The number of halogens is 1. The minimum absolute atomic E-state index is 0.0140. The van der Waals surface area contributed by atoms with Gasteiger partial charge in [-0.3, -0.25) is 4.79 Å². The van der Waals surface area contributed by atoms with E-state index in [1.54, 1.807) is 0 Å². The first-order valence-corrected chi connectivity index (χ1v) is 6.54. The molecule has 1 N–H and O–H groups in total. The van der Waals surface area contributed by atoms with E-state index >= 15 is 0 Å². The van der Waals surface area contributed by atoms with Crippen molar-refractivity contribution in [1.29, 1.82) is 0 Å². The first kappa shape index (κ1) is 12.1. The van der Waals surface area contributed by atoms with Gasteiger partial charge in [0.05, 0.1) is 4.34 Å². The van der Waals surface area contributed by atoms with E-state index in [0.717, 1.165) is 20.5 Å². The van der Waals surface area contributed by atoms with Crippen LogP contribution >= 0.6 is 22.9 Å². The summed E-state index contributed by atoms with van der Waals surface area (Å²) in [5, 5.41) is 2.89. The summed E-state index contributed by atoms with van der Waals surface area (Å²) < 4.78 is 0.747. The van der Waals surface area contributed by atoms with Gasteiger partial charge in [0.2, 0.25) is 5.91 Å². The summed E-state index contributed by atoms with van der Waals surface area (Å²) in [7, 11) is 0. The fraction of sp³-hybridized carbons (Fsp3) is 0.154. The SMILES string of the molecule is CCC(=O)Nc1ccccc1-c1ccc(Cl)s1. The second-order valence-electron chi connectivity index (χ2n) is 3.55. The molecule has 0 radical (unpaired) electrons. The lowest BCUT2D eigenvalue weighted by molar-refractivity contribution is -0.115. The average molecular weight is 266 g/mol. The maximum absolute atomic E-state index is 11.4. The van der Waals surface area contributed by atoms with Gasteiger partial charge in [-0.1, -0.05) is 36.7 Å². The number of amides is 1. The summed E-state index contributed by atoms with van der Waals surface area (Å²) in [5.41, 5.74) is 1.84. The van der Waals surface area contributed by atoms with Crippen molar-refractivity contribution in [3.63, 3.8) is 0 Å². The summed E-state index contributed by atoms with van der Waals surface area (Å²) in [6.45, 7) is 1.83. The highest BCUT2D eigenvalue weighted by Gasteiger charge is 2.08. The second-order valence-corrected chi connectivity index (χ2v) is 5.27. The smallest absolute Gasteiger partial charge is 0.224 e. The van der Waals surface area contributed by atoms with Gasteiger partial charge in [0.25, 0.3) is 0 Å². The Morgan fingerprint density at radius 1 is 1.29 bits per heavy atom. The first-order chi connectivity index (χ1) is 8.20. The maximum Gasteiger partial charge on any atom is 0.224 e. The highest BCUT2D eigenvalue weighted by Crippen LogP contribution is 2.35. The van der Waals surface area contributed by atoms with Gasteiger partial charge >= 0.3 is 0 Å². The van der Waals surface area contributed by atoms with Crippen molar-refractivity contribution in [2.45, 2.75) is 13.3 Å². The quantitative estimate of drug-likeness (QED) is 0.875. The van der Waals surface area contributed by atoms with E-state index in [-0.39, 0.29) is 5.91 Å². The standard InChI is InChI=1S/C13H12ClNOS/c1-2-13(16)15-10-6-4-3-5-9(10)11-7-8-12(14)17-11/h3-8H,2H2,1H3,(H,15,16). The van der Waals surface area contributed by atoms with Crippen LogP contribution in [0.2, 0.25) is 4.34 Å². The van der Waals surface area contributed by atoms with Crippen LogP contribution in [0.3, 0.4) is 0 Å². The third kappa shape index (κ3) is 2.87. The molecular formula is C13H12ClNOS. The fourth-order valence-corrected chi connectivity index (χ4v) is 2.59. The molecule has 1 aromatic heterocycles. The monoisotopic (exact) mass is 265 g/mol. The molecule has 4 heteroatoms. The van der Waals surface area contributed by atoms with Crippen LogP contribution in [0, 0.1) is 0 Å². The normalized spacial score (nSPS) is 10.2. The van der Waals surface area contributed by atoms with Crippen LogP contribution in [0.1, 0.15) is 13.3 Å². The molecular weight excluding hydrogens is 254 g/mol. The number of thiophene rings is 1. The Bertz CT molecular complexity index is 536. The zero-order valence-corrected chi connectivity index (χ0v) is 10.9. The summed E-state index contributed by atoms with van der Waals surface area (Å²) in [5.74, 6) is 0.0140. The molecule has 0 bridgehead atoms. The maximum atomic E-state index is 11.4. The molecule has 0 aliphatic rings. The van der Waals surface area contributed by atoms with Gasteiger partial charge in [-0.05, 0) is 18.2 Å². The minimum atomic E-state index is 0.0140. The van der Waals surface area contributed by atoms with Crippen LogP contribution in [0.5, 0.6) is 0 Å². The molecule has 17 heavy (non-hydrogen) atoms. The molecule has 1 heterocycles. The highest BCUT2D eigenvalue weighted by atomic mass is 35.5. The number of benzene rings is 1. The van der Waals surface area contributed by atoms with Crippen molar-refractivity contribution in [1.82, 2.24) is 0 Å². The summed E-state index contributed by atoms with van der Waals surface area (Å²) in [6.07, 6.45) is 0.472. The number of para-hydroxylation sites is 1. The summed E-state index contributed by atoms with van der Waals surface area (Å²) in [4.78, 5) is 12.5. The van der Waals surface area contributed by atoms with Crippen molar-refractivity contribution in [2.75, 3.05) is 5.32 Å². The number of carbonyl (C=O) groups excluding carboxylic acids is 1. The van der Waals surface area contributed by atoms with E-state index < -0.39 is 0 Å². The molecule has 0 saturated heterocycles. The second kappa shape index (κ2) is 5.34. The van der Waals surface area contributed by atoms with Crippen molar-refractivity contribution >= 4 is 34.5 Å². The van der Waals surface area contributed by atoms with Gasteiger partial charge < -0.3 is 5.32 Å². The number of nitrogens with one attached hydrogen (secondary N) is 1. The van der Waals surface area contributed by atoms with E-state index in [1.807, 2.05) is 43.3 Å². The topological polar surface area (TPSA) is 29.1 Å². The van der Waals surface area contributed by atoms with Crippen LogP contribution < -0.4 is 5.32 Å². The molecule has 0 saturated carbocycles. The van der Waals surface area contributed by atoms with E-state index in [9.17, 15) is 4.79 Å². The van der Waals surface area contributed by atoms with Crippen LogP contribution in [-0.4, -0.2) is 5.91 Å². The molecule has 2 nitrogen and oxygen atoms in total. The van der Waals surface area contributed by atoms with Gasteiger partial charge in [0.1, 0.15) is 0 Å². The van der Waals surface area contributed by atoms with E-state index in [0.29, 0.717) is 6.42 Å². The summed E-state index contributed by atoms with van der Waals surface area (Å²) >= 11 is 7.43. The highest BCUT2D eigenvalue weighted by molar-refractivity contribution is 7.19. The molecule has 0 atom stereocenters. The van der Waals surface area contributed by atoms with Gasteiger partial charge in [-0.2, -0.15) is 0 Å². The van der Waals surface area contributed by atoms with E-state index in [2.05, 4.69) is 5.32 Å². The van der Waals surface area contributed by atoms with E-state index in [1.165, 1.54) is 11.3 Å². The van der Waals surface area contributed by atoms with Gasteiger partial charge in [0.15, 0.2) is 0 Å². The first-order valence-electron chi connectivity index (χ1n) is 5.35. The fourth-order valence-electron chi connectivity index (χ4n) is 1.50. The zero-order valence-electron chi connectivity index (χ0n) is 9.37. The van der Waals surface area contributed by atoms with Gasteiger partial charge in [0, 0.05) is 22.5 Å². The zero-order chi connectivity index (χ0) is 12.3. The molecule has 2 aromatic rings. The lowest BCUT2D eigenvalue weighted by Gasteiger charge is -2.08. The van der Waals surface area contributed by atoms with Gasteiger partial charge in [-0.15, -0.1) is 11.3 Å². The summed E-state index contributed by atoms with van der Waals surface area (Å²) in [6, 6.07) is 11.6. The number of rotatable bonds is 3. The largest absolute Gasteiger partial charge is 0.325 e. The molecule has 0 aliphatic carbocycles. The molecule has 1 aromatic carbocycles. The number of anilines is 1. The van der Waals surface area contributed by atoms with Crippen LogP contribution in [-0.2, 0) is 4.79 Å². The Hall–Kier alpha value is -1.32. The number of carbonyl (C=O) groups is 1. The van der Waals surface area contributed by atoms with Gasteiger partial charge in [-0.25, -0.2) is 0 Å². The number of hydrogen-bond donors (Lipinski definition) is 1. The van der Waals surface area contributed by atoms with Crippen molar-refractivity contribution in [2.24, 2.45) is 0 Å². The molecule has 0 aliphatic heterocycles. The third-order valence-electron chi connectivity index (χ3n) is 2.36. The lowest BCUT2D eigenvalue weighted by atomic mass is 10.1. The van der Waals surface area contributed by atoms with Crippen molar-refractivity contribution in [3.05, 3.63) is 40.7 Å². The predicted octanol–water partition coefficient (Wildman–Crippen LogP) is 4.42. The number of hydrogen-bond acceptors (Lipinski definition) is 2. The van der Waals surface area contributed by atoms with Crippen molar-refractivity contribution < 1.29 is 4.79 Å². The Kier molecular flexibility index (Phi) is 3.82. The Balaban J connectivity index is 2.37. The predicted molar refractivity (Wildman–Crippen MR) is 73.7 cm³/mol. The van der Waals surface area contributed by atoms with E-state index in [4.69, 9.17) is 11.6 Å². The molecule has 0 fully saturated rings. The molecule has 88 valence electrons. The third-order valence-corrected chi connectivity index (χ3v) is 3.63. The molecule has 0 spiro atoms. The lowest BCUT2D eigenvalue weighted by Crippen LogP contribution is -2.09. The van der Waals surface area contributed by atoms with Crippen LogP contribution in [0.15, 0.2) is 36.4 Å². The van der Waals surface area contributed by atoms with Crippen molar-refractivity contribution in [3.8, 4) is 10.4 Å². The molecule has 1 amide bonds. The molecule has 2 rings (SSSR count). The Morgan fingerprint density at radius 3 is 2.71 bits per heavy atom. The molecule has 0 unspecified atom stereocenters. The minimum Gasteiger partial charge on any atom is -0.325 e.